The highest BCUT2D eigenvalue weighted by molar-refractivity contribution is 8.00. The van der Waals surface area contributed by atoms with Gasteiger partial charge in [0.25, 0.3) is 0 Å². The predicted octanol–water partition coefficient (Wildman–Crippen LogP) is 2.14. The molecule has 1 aromatic heterocycles. The molecule has 2 aliphatic rings. The largest absolute Gasteiger partial charge is 0.462 e. The predicted molar refractivity (Wildman–Crippen MR) is 72.0 cm³/mol. The van der Waals surface area contributed by atoms with E-state index in [1.54, 1.807) is 0 Å². The molecule has 0 amide bonds. The average Bonchev–Trinajstić information content (AvgIpc) is 3.06. The van der Waals surface area contributed by atoms with Crippen molar-refractivity contribution in [1.82, 2.24) is 14.8 Å². The zero-order valence-corrected chi connectivity index (χ0v) is 11.7. The van der Waals surface area contributed by atoms with Crippen LogP contribution >= 0.6 is 11.8 Å². The van der Waals surface area contributed by atoms with Crippen LogP contribution in [0.5, 0.6) is 0 Å². The minimum atomic E-state index is -0.158. The number of nitrogens with zero attached hydrogens (tertiary/aromatic N) is 3. The fourth-order valence-electron chi connectivity index (χ4n) is 2.27. The van der Waals surface area contributed by atoms with Crippen molar-refractivity contribution < 1.29 is 9.53 Å². The van der Waals surface area contributed by atoms with Crippen molar-refractivity contribution in [2.45, 2.75) is 55.2 Å². The van der Waals surface area contributed by atoms with E-state index in [9.17, 15) is 4.79 Å². The monoisotopic (exact) mass is 279 g/mol. The molecule has 3 rings (SSSR count). The maximum Gasteiger partial charge on any atom is 0.319 e. The lowest BCUT2D eigenvalue weighted by molar-refractivity contribution is -0.140. The number of esters is 1. The van der Waals surface area contributed by atoms with E-state index < -0.39 is 0 Å². The number of hydrogen-bond donors (Lipinski definition) is 0. The lowest BCUT2D eigenvalue weighted by atomic mass is 10.3. The van der Waals surface area contributed by atoms with Crippen molar-refractivity contribution >= 4 is 17.7 Å². The summed E-state index contributed by atoms with van der Waals surface area (Å²) in [7, 11) is 0. The van der Waals surface area contributed by atoms with Crippen LogP contribution in [0.4, 0.5) is 0 Å². The fourth-order valence-corrected chi connectivity index (χ4v) is 3.43. The van der Waals surface area contributed by atoms with Gasteiger partial charge in [-0.25, -0.2) is 0 Å². The van der Waals surface area contributed by atoms with E-state index in [4.69, 9.17) is 4.74 Å². The van der Waals surface area contributed by atoms with Gasteiger partial charge in [0.05, 0.1) is 0 Å². The number of thioether (sulfide) groups is 1. The van der Waals surface area contributed by atoms with Crippen LogP contribution in [0, 0.1) is 0 Å². The molecular weight excluding hydrogens is 262 g/mol. The van der Waals surface area contributed by atoms with E-state index >= 15 is 0 Å². The first-order valence-electron chi connectivity index (χ1n) is 6.60. The van der Waals surface area contributed by atoms with Crippen LogP contribution in [0.15, 0.2) is 17.8 Å². The SMILES string of the molecule is C=CCn1c(S[C@H]2C[C@H](C)OC2=O)nnc1C1CC1. The second kappa shape index (κ2) is 5.00. The van der Waals surface area contributed by atoms with Gasteiger partial charge in [0.2, 0.25) is 0 Å². The molecule has 2 heterocycles. The van der Waals surface area contributed by atoms with Gasteiger partial charge in [-0.3, -0.25) is 4.79 Å². The summed E-state index contributed by atoms with van der Waals surface area (Å²) in [6.07, 6.45) is 4.95. The third-order valence-corrected chi connectivity index (χ3v) is 4.56. The smallest absolute Gasteiger partial charge is 0.319 e. The number of cyclic esters (lactones) is 1. The number of carbonyl (C=O) groups excluding carboxylic acids is 1. The number of allylic oxidation sites excluding steroid dienone is 1. The number of ether oxygens (including phenoxy) is 1. The summed E-state index contributed by atoms with van der Waals surface area (Å²) in [4.78, 5) is 11.7. The van der Waals surface area contributed by atoms with Crippen molar-refractivity contribution in [1.29, 1.82) is 0 Å². The lowest BCUT2D eigenvalue weighted by Gasteiger charge is -2.08. The van der Waals surface area contributed by atoms with E-state index in [1.165, 1.54) is 24.6 Å². The zero-order valence-electron chi connectivity index (χ0n) is 10.9. The van der Waals surface area contributed by atoms with Crippen molar-refractivity contribution in [3.8, 4) is 0 Å². The molecule has 102 valence electrons. The molecule has 0 N–H and O–H groups in total. The Balaban J connectivity index is 1.80. The van der Waals surface area contributed by atoms with Crippen LogP contribution in [0.25, 0.3) is 0 Å². The minimum Gasteiger partial charge on any atom is -0.462 e. The number of aromatic nitrogens is 3. The molecule has 2 fully saturated rings. The first kappa shape index (κ1) is 12.7. The lowest BCUT2D eigenvalue weighted by Crippen LogP contribution is -2.11. The highest BCUT2D eigenvalue weighted by Crippen LogP contribution is 2.41. The van der Waals surface area contributed by atoms with Gasteiger partial charge < -0.3 is 9.30 Å². The first-order chi connectivity index (χ1) is 9.19. The normalized spacial score (nSPS) is 26.5. The summed E-state index contributed by atoms with van der Waals surface area (Å²) in [6.45, 7) is 6.39. The molecule has 1 saturated heterocycles. The van der Waals surface area contributed by atoms with E-state index in [0.717, 1.165) is 17.4 Å². The number of carbonyl (C=O) groups is 1. The third-order valence-electron chi connectivity index (χ3n) is 3.37. The fraction of sp³-hybridized carbons (Fsp3) is 0.615. The van der Waals surface area contributed by atoms with Crippen molar-refractivity contribution in [3.63, 3.8) is 0 Å². The Morgan fingerprint density at radius 1 is 1.53 bits per heavy atom. The maximum atomic E-state index is 11.7. The van der Waals surface area contributed by atoms with Gasteiger partial charge in [-0.2, -0.15) is 0 Å². The Morgan fingerprint density at radius 2 is 2.32 bits per heavy atom. The second-order valence-corrected chi connectivity index (χ2v) is 6.27. The van der Waals surface area contributed by atoms with Gasteiger partial charge in [-0.15, -0.1) is 16.8 Å². The Bertz CT molecular complexity index is 510. The van der Waals surface area contributed by atoms with Crippen molar-refractivity contribution in [3.05, 3.63) is 18.5 Å². The first-order valence-corrected chi connectivity index (χ1v) is 7.48. The van der Waals surface area contributed by atoms with Gasteiger partial charge in [0.15, 0.2) is 5.16 Å². The maximum absolute atomic E-state index is 11.7. The Kier molecular flexibility index (Phi) is 3.35. The zero-order chi connectivity index (χ0) is 13.4. The summed E-state index contributed by atoms with van der Waals surface area (Å²) in [5, 5.41) is 9.16. The van der Waals surface area contributed by atoms with Crippen LogP contribution in [0.1, 0.15) is 37.9 Å². The van der Waals surface area contributed by atoms with Crippen LogP contribution in [0.2, 0.25) is 0 Å². The number of rotatable bonds is 5. The van der Waals surface area contributed by atoms with Crippen LogP contribution in [-0.4, -0.2) is 32.1 Å². The quantitative estimate of drug-likeness (QED) is 0.610. The molecule has 6 heteroatoms. The Hall–Kier alpha value is -1.30. The van der Waals surface area contributed by atoms with Gasteiger partial charge in [-0.05, 0) is 19.8 Å². The summed E-state index contributed by atoms with van der Waals surface area (Å²) < 4.78 is 7.25. The molecule has 0 bridgehead atoms. The van der Waals surface area contributed by atoms with Crippen molar-refractivity contribution in [2.75, 3.05) is 0 Å². The van der Waals surface area contributed by atoms with Crippen LogP contribution in [-0.2, 0) is 16.1 Å². The van der Waals surface area contributed by atoms with E-state index in [-0.39, 0.29) is 17.3 Å². The minimum absolute atomic E-state index is 0.00341. The molecule has 2 atom stereocenters. The third kappa shape index (κ3) is 2.54. The molecule has 5 nitrogen and oxygen atoms in total. The van der Waals surface area contributed by atoms with Gasteiger partial charge in [0, 0.05) is 18.9 Å². The van der Waals surface area contributed by atoms with E-state index in [1.807, 2.05) is 13.0 Å². The molecule has 1 saturated carbocycles. The van der Waals surface area contributed by atoms with Crippen LogP contribution < -0.4 is 0 Å². The molecule has 0 aromatic carbocycles. The Morgan fingerprint density at radius 3 is 2.89 bits per heavy atom. The average molecular weight is 279 g/mol. The van der Waals surface area contributed by atoms with E-state index in [0.29, 0.717) is 12.5 Å². The molecule has 0 spiro atoms. The standard InChI is InChI=1S/C13H17N3O2S/c1-3-6-16-11(9-4-5-9)14-15-13(16)19-10-7-8(2)18-12(10)17/h3,8-10H,1,4-7H2,2H3/t8-,10-/m0/s1. The molecule has 0 radical (unpaired) electrons. The molecule has 19 heavy (non-hydrogen) atoms. The summed E-state index contributed by atoms with van der Waals surface area (Å²) in [6, 6.07) is 0. The van der Waals surface area contributed by atoms with Crippen molar-refractivity contribution in [2.24, 2.45) is 0 Å². The molecule has 1 aliphatic carbocycles. The molecule has 1 aromatic rings. The van der Waals surface area contributed by atoms with Gasteiger partial charge in [0.1, 0.15) is 17.2 Å². The van der Waals surface area contributed by atoms with Crippen LogP contribution in [0.3, 0.4) is 0 Å². The molecule has 1 aliphatic heterocycles. The van der Waals surface area contributed by atoms with Gasteiger partial charge in [-0.1, -0.05) is 17.8 Å². The topological polar surface area (TPSA) is 57.0 Å². The highest BCUT2D eigenvalue weighted by Gasteiger charge is 2.35. The Labute approximate surface area is 116 Å². The molecular formula is C13H17N3O2S. The number of hydrogen-bond acceptors (Lipinski definition) is 5. The summed E-state index contributed by atoms with van der Waals surface area (Å²) >= 11 is 1.46. The summed E-state index contributed by atoms with van der Waals surface area (Å²) in [5.74, 6) is 1.43. The van der Waals surface area contributed by atoms with Gasteiger partial charge >= 0.3 is 5.97 Å². The highest BCUT2D eigenvalue weighted by atomic mass is 32.2. The van der Waals surface area contributed by atoms with E-state index in [2.05, 4.69) is 21.3 Å². The molecule has 0 unspecified atom stereocenters. The summed E-state index contributed by atoms with van der Waals surface area (Å²) in [5.41, 5.74) is 0. The second-order valence-electron chi connectivity index (χ2n) is 5.10.